The summed E-state index contributed by atoms with van der Waals surface area (Å²) in [5, 5.41) is 17.5. The standard InChI is InChI=1S/C20H18N6OS/c1-13-8-9-16(10-14(13)2)17-12-28-20(21-17)22-18(27)11-26-24-19(23-25-26)15-6-4-3-5-7-15/h3-10,12H,11H2,1-2H3,(H,21,22,27). The molecule has 1 N–H and O–H groups in total. The summed E-state index contributed by atoms with van der Waals surface area (Å²) >= 11 is 1.39. The van der Waals surface area contributed by atoms with Gasteiger partial charge in [0.25, 0.3) is 0 Å². The average molecular weight is 390 g/mol. The predicted octanol–water partition coefficient (Wildman–Crippen LogP) is 3.72. The van der Waals surface area contributed by atoms with E-state index in [1.165, 1.54) is 27.3 Å². The second kappa shape index (κ2) is 7.69. The molecule has 28 heavy (non-hydrogen) atoms. The quantitative estimate of drug-likeness (QED) is 0.561. The number of thiazole rings is 1. The number of benzene rings is 2. The summed E-state index contributed by atoms with van der Waals surface area (Å²) in [7, 11) is 0. The third kappa shape index (κ3) is 3.96. The summed E-state index contributed by atoms with van der Waals surface area (Å²) in [4.78, 5) is 18.1. The Bertz CT molecular complexity index is 1120. The highest BCUT2D eigenvalue weighted by Crippen LogP contribution is 2.26. The van der Waals surface area contributed by atoms with Crippen molar-refractivity contribution in [3.05, 3.63) is 65.0 Å². The molecule has 7 nitrogen and oxygen atoms in total. The summed E-state index contributed by atoms with van der Waals surface area (Å²) in [5.74, 6) is 0.234. The fourth-order valence-electron chi connectivity index (χ4n) is 2.66. The predicted molar refractivity (Wildman–Crippen MR) is 109 cm³/mol. The number of hydrogen-bond acceptors (Lipinski definition) is 6. The van der Waals surface area contributed by atoms with Gasteiger partial charge in [0, 0.05) is 16.5 Å². The van der Waals surface area contributed by atoms with Crippen LogP contribution in [0, 0.1) is 13.8 Å². The van der Waals surface area contributed by atoms with Gasteiger partial charge in [0.15, 0.2) is 5.13 Å². The maximum atomic E-state index is 12.3. The van der Waals surface area contributed by atoms with Crippen molar-refractivity contribution in [3.63, 3.8) is 0 Å². The highest BCUT2D eigenvalue weighted by molar-refractivity contribution is 7.14. The first-order valence-electron chi connectivity index (χ1n) is 8.75. The van der Waals surface area contributed by atoms with E-state index in [4.69, 9.17) is 0 Å². The van der Waals surface area contributed by atoms with Crippen LogP contribution in [0.1, 0.15) is 11.1 Å². The fourth-order valence-corrected chi connectivity index (χ4v) is 3.40. The second-order valence-corrected chi connectivity index (χ2v) is 7.25. The van der Waals surface area contributed by atoms with Crippen LogP contribution in [-0.4, -0.2) is 31.1 Å². The molecule has 0 aliphatic heterocycles. The maximum absolute atomic E-state index is 12.3. The lowest BCUT2D eigenvalue weighted by atomic mass is 10.1. The maximum Gasteiger partial charge on any atom is 0.249 e. The van der Waals surface area contributed by atoms with Gasteiger partial charge in [-0.15, -0.1) is 21.5 Å². The number of anilines is 1. The van der Waals surface area contributed by atoms with Crippen molar-refractivity contribution >= 4 is 22.4 Å². The molecule has 2 heterocycles. The Hall–Kier alpha value is -3.39. The number of hydrogen-bond donors (Lipinski definition) is 1. The smallest absolute Gasteiger partial charge is 0.249 e. The normalized spacial score (nSPS) is 10.8. The van der Waals surface area contributed by atoms with Gasteiger partial charge in [-0.1, -0.05) is 42.5 Å². The van der Waals surface area contributed by atoms with Gasteiger partial charge in [0.2, 0.25) is 11.7 Å². The van der Waals surface area contributed by atoms with Crippen LogP contribution >= 0.6 is 11.3 Å². The number of carbonyl (C=O) groups is 1. The first kappa shape index (κ1) is 18.0. The molecule has 0 atom stereocenters. The molecule has 2 aromatic heterocycles. The molecule has 2 aromatic carbocycles. The summed E-state index contributed by atoms with van der Waals surface area (Å²) < 4.78 is 0. The largest absolute Gasteiger partial charge is 0.300 e. The minimum atomic E-state index is -0.252. The Morgan fingerprint density at radius 3 is 2.68 bits per heavy atom. The van der Waals surface area contributed by atoms with Gasteiger partial charge in [-0.3, -0.25) is 4.79 Å². The van der Waals surface area contributed by atoms with E-state index in [1.54, 1.807) is 0 Å². The molecular formula is C20H18N6OS. The molecule has 0 saturated carbocycles. The summed E-state index contributed by atoms with van der Waals surface area (Å²) in [6.45, 7) is 4.12. The van der Waals surface area contributed by atoms with Crippen molar-refractivity contribution in [2.45, 2.75) is 20.4 Å². The lowest BCUT2D eigenvalue weighted by molar-refractivity contribution is -0.117. The zero-order chi connectivity index (χ0) is 19.5. The molecule has 140 valence electrons. The molecule has 0 aliphatic carbocycles. The molecule has 4 rings (SSSR count). The van der Waals surface area contributed by atoms with Gasteiger partial charge >= 0.3 is 0 Å². The zero-order valence-corrected chi connectivity index (χ0v) is 16.3. The minimum absolute atomic E-state index is 0.0294. The van der Waals surface area contributed by atoms with E-state index in [-0.39, 0.29) is 12.5 Å². The van der Waals surface area contributed by atoms with Crippen LogP contribution in [0.5, 0.6) is 0 Å². The number of aryl methyl sites for hydroxylation is 2. The van der Waals surface area contributed by atoms with Crippen LogP contribution in [0.25, 0.3) is 22.6 Å². The Balaban J connectivity index is 1.41. The van der Waals surface area contributed by atoms with Crippen LogP contribution in [0.3, 0.4) is 0 Å². The Labute approximate surface area is 166 Å². The number of rotatable bonds is 5. The number of carbonyl (C=O) groups excluding carboxylic acids is 1. The van der Waals surface area contributed by atoms with Crippen LogP contribution in [0.15, 0.2) is 53.9 Å². The van der Waals surface area contributed by atoms with Gasteiger partial charge in [-0.2, -0.15) is 4.80 Å². The summed E-state index contributed by atoms with van der Waals surface area (Å²) in [6.07, 6.45) is 0. The van der Waals surface area contributed by atoms with Gasteiger partial charge in [0.1, 0.15) is 6.54 Å². The molecule has 0 saturated heterocycles. The average Bonchev–Trinajstić information content (AvgIpc) is 3.34. The lowest BCUT2D eigenvalue weighted by Gasteiger charge is -2.02. The van der Waals surface area contributed by atoms with Crippen molar-refractivity contribution in [3.8, 4) is 22.6 Å². The highest BCUT2D eigenvalue weighted by Gasteiger charge is 2.12. The molecule has 0 bridgehead atoms. The van der Waals surface area contributed by atoms with Gasteiger partial charge in [0.05, 0.1) is 5.69 Å². The Kier molecular flexibility index (Phi) is 4.94. The second-order valence-electron chi connectivity index (χ2n) is 6.39. The molecule has 0 aliphatic rings. The fraction of sp³-hybridized carbons (Fsp3) is 0.150. The van der Waals surface area contributed by atoms with E-state index >= 15 is 0 Å². The number of nitrogens with zero attached hydrogens (tertiary/aromatic N) is 5. The number of amides is 1. The van der Waals surface area contributed by atoms with E-state index in [9.17, 15) is 4.79 Å². The third-order valence-electron chi connectivity index (χ3n) is 4.32. The van der Waals surface area contributed by atoms with E-state index in [1.807, 2.05) is 41.8 Å². The van der Waals surface area contributed by atoms with Crippen molar-refractivity contribution in [1.82, 2.24) is 25.2 Å². The van der Waals surface area contributed by atoms with Crippen molar-refractivity contribution in [2.24, 2.45) is 0 Å². The molecular weight excluding hydrogens is 372 g/mol. The topological polar surface area (TPSA) is 85.6 Å². The van der Waals surface area contributed by atoms with Crippen LogP contribution in [-0.2, 0) is 11.3 Å². The lowest BCUT2D eigenvalue weighted by Crippen LogP contribution is -2.20. The molecule has 0 fully saturated rings. The van der Waals surface area contributed by atoms with Crippen LogP contribution in [0.4, 0.5) is 5.13 Å². The first-order valence-corrected chi connectivity index (χ1v) is 9.63. The SMILES string of the molecule is Cc1ccc(-c2csc(NC(=O)Cn3nnc(-c4ccccc4)n3)n2)cc1C. The number of nitrogens with one attached hydrogen (secondary N) is 1. The Morgan fingerprint density at radius 2 is 1.89 bits per heavy atom. The van der Waals surface area contributed by atoms with Crippen LogP contribution in [0.2, 0.25) is 0 Å². The number of aromatic nitrogens is 5. The third-order valence-corrected chi connectivity index (χ3v) is 5.08. The van der Waals surface area contributed by atoms with Gasteiger partial charge in [-0.05, 0) is 36.3 Å². The molecule has 1 amide bonds. The monoisotopic (exact) mass is 390 g/mol. The van der Waals surface area contributed by atoms with Gasteiger partial charge in [-0.25, -0.2) is 4.98 Å². The van der Waals surface area contributed by atoms with E-state index in [0.29, 0.717) is 11.0 Å². The summed E-state index contributed by atoms with van der Waals surface area (Å²) in [5.41, 5.74) is 5.18. The van der Waals surface area contributed by atoms with Gasteiger partial charge < -0.3 is 5.32 Å². The molecule has 8 heteroatoms. The molecule has 4 aromatic rings. The Morgan fingerprint density at radius 1 is 1.07 bits per heavy atom. The number of tetrazole rings is 1. The van der Waals surface area contributed by atoms with Crippen molar-refractivity contribution in [1.29, 1.82) is 0 Å². The minimum Gasteiger partial charge on any atom is -0.300 e. The van der Waals surface area contributed by atoms with E-state index in [0.717, 1.165) is 16.8 Å². The highest BCUT2D eigenvalue weighted by atomic mass is 32.1. The zero-order valence-electron chi connectivity index (χ0n) is 15.5. The van der Waals surface area contributed by atoms with E-state index < -0.39 is 0 Å². The molecule has 0 radical (unpaired) electrons. The molecule has 0 spiro atoms. The van der Waals surface area contributed by atoms with Crippen molar-refractivity contribution in [2.75, 3.05) is 5.32 Å². The first-order chi connectivity index (χ1) is 13.6. The van der Waals surface area contributed by atoms with Crippen molar-refractivity contribution < 1.29 is 4.79 Å². The van der Waals surface area contributed by atoms with E-state index in [2.05, 4.69) is 51.7 Å². The summed E-state index contributed by atoms with van der Waals surface area (Å²) in [6, 6.07) is 15.7. The molecule has 0 unspecified atom stereocenters. The van der Waals surface area contributed by atoms with Crippen LogP contribution < -0.4 is 5.32 Å².